The predicted molar refractivity (Wildman–Crippen MR) is 78.5 cm³/mol. The van der Waals surface area contributed by atoms with E-state index in [2.05, 4.69) is 9.71 Å². The number of imidazole rings is 1. The third kappa shape index (κ3) is 2.71. The smallest absolute Gasteiger partial charge is 0.250 e. The number of aromatic nitrogens is 2. The van der Waals surface area contributed by atoms with E-state index in [9.17, 15) is 8.42 Å². The van der Waals surface area contributed by atoms with E-state index in [1.54, 1.807) is 12.3 Å². The van der Waals surface area contributed by atoms with Gasteiger partial charge in [-0.3, -0.25) is 0 Å². The topological polar surface area (TPSA) is 63.5 Å². The summed E-state index contributed by atoms with van der Waals surface area (Å²) < 4.78 is 29.1. The van der Waals surface area contributed by atoms with Crippen LogP contribution in [0.4, 0.5) is 0 Å². The Balaban J connectivity index is 1.79. The molecule has 0 radical (unpaired) electrons. The molecule has 3 heterocycles. The lowest BCUT2D eigenvalue weighted by molar-refractivity contribution is 0.583. The van der Waals surface area contributed by atoms with Gasteiger partial charge >= 0.3 is 0 Å². The van der Waals surface area contributed by atoms with Gasteiger partial charge in [0.25, 0.3) is 0 Å². The van der Waals surface area contributed by atoms with Crippen molar-refractivity contribution < 1.29 is 8.42 Å². The molecule has 3 rings (SSSR count). The number of hydrogen-bond donors (Lipinski definition) is 1. The van der Waals surface area contributed by atoms with Crippen LogP contribution in [0.15, 0.2) is 46.9 Å². The first-order chi connectivity index (χ1) is 9.54. The van der Waals surface area contributed by atoms with Gasteiger partial charge in [-0.1, -0.05) is 17.7 Å². The van der Waals surface area contributed by atoms with Crippen molar-refractivity contribution in [3.63, 3.8) is 0 Å². The minimum absolute atomic E-state index is 0.138. The summed E-state index contributed by atoms with van der Waals surface area (Å²) in [5.74, 6) is 0. The Kier molecular flexibility index (Phi) is 3.51. The van der Waals surface area contributed by atoms with E-state index < -0.39 is 10.0 Å². The van der Waals surface area contributed by atoms with Gasteiger partial charge in [0.2, 0.25) is 10.0 Å². The zero-order chi connectivity index (χ0) is 14.2. The minimum Gasteiger partial charge on any atom is -0.307 e. The Morgan fingerprint density at radius 3 is 2.85 bits per heavy atom. The zero-order valence-corrected chi connectivity index (χ0v) is 12.5. The van der Waals surface area contributed by atoms with Crippen molar-refractivity contribution in [1.82, 2.24) is 14.1 Å². The lowest BCUT2D eigenvalue weighted by atomic mass is 10.5. The Hall–Kier alpha value is -1.41. The van der Waals surface area contributed by atoms with Gasteiger partial charge < -0.3 is 4.40 Å². The molecule has 104 valence electrons. The fourth-order valence-corrected chi connectivity index (χ4v) is 4.28. The lowest BCUT2D eigenvalue weighted by Gasteiger charge is -2.01. The molecule has 5 nitrogen and oxygen atoms in total. The Morgan fingerprint density at radius 2 is 2.15 bits per heavy atom. The molecule has 0 atom stereocenters. The first-order valence-corrected chi connectivity index (χ1v) is 8.40. The number of fused-ring (bicyclic) bond motifs is 1. The van der Waals surface area contributed by atoms with E-state index in [0.717, 1.165) is 17.0 Å². The molecule has 0 spiro atoms. The van der Waals surface area contributed by atoms with Crippen molar-refractivity contribution >= 4 is 38.6 Å². The van der Waals surface area contributed by atoms with E-state index >= 15 is 0 Å². The largest absolute Gasteiger partial charge is 0.307 e. The van der Waals surface area contributed by atoms with Gasteiger partial charge in [0.15, 0.2) is 0 Å². The summed E-state index contributed by atoms with van der Waals surface area (Å²) in [6.07, 6.45) is 3.65. The van der Waals surface area contributed by atoms with Crippen LogP contribution in [0.1, 0.15) is 5.69 Å². The molecule has 8 heteroatoms. The highest BCUT2D eigenvalue weighted by Gasteiger charge is 2.16. The van der Waals surface area contributed by atoms with Crippen LogP contribution in [0.25, 0.3) is 5.65 Å². The van der Waals surface area contributed by atoms with Gasteiger partial charge in [-0.2, -0.15) is 0 Å². The minimum atomic E-state index is -3.54. The molecule has 0 saturated carbocycles. The molecule has 0 fully saturated rings. The van der Waals surface area contributed by atoms with Crippen LogP contribution in [0.3, 0.4) is 0 Å². The second kappa shape index (κ2) is 5.17. The molecule has 20 heavy (non-hydrogen) atoms. The van der Waals surface area contributed by atoms with Crippen LogP contribution >= 0.6 is 22.9 Å². The van der Waals surface area contributed by atoms with Gasteiger partial charge in [0.1, 0.15) is 9.86 Å². The highest BCUT2D eigenvalue weighted by Crippen LogP contribution is 2.25. The average Bonchev–Trinajstić information content (AvgIpc) is 3.02. The summed E-state index contributed by atoms with van der Waals surface area (Å²) in [5, 5.41) is 0. The molecule has 0 aliphatic rings. The molecular formula is C12H10ClN3O2S2. The first kappa shape index (κ1) is 13.6. The van der Waals surface area contributed by atoms with Crippen LogP contribution in [0.2, 0.25) is 4.34 Å². The van der Waals surface area contributed by atoms with Crippen LogP contribution in [-0.4, -0.2) is 17.8 Å². The first-order valence-electron chi connectivity index (χ1n) is 5.72. The van der Waals surface area contributed by atoms with Crippen molar-refractivity contribution in [1.29, 1.82) is 0 Å². The fourth-order valence-electron chi connectivity index (χ4n) is 1.75. The van der Waals surface area contributed by atoms with Crippen LogP contribution in [0.5, 0.6) is 0 Å². The summed E-state index contributed by atoms with van der Waals surface area (Å²) in [6.45, 7) is 0.138. The number of halogens is 1. The number of pyridine rings is 1. The van der Waals surface area contributed by atoms with E-state index in [-0.39, 0.29) is 10.8 Å². The maximum atomic E-state index is 12.0. The van der Waals surface area contributed by atoms with Crippen LogP contribution < -0.4 is 4.72 Å². The van der Waals surface area contributed by atoms with E-state index in [0.29, 0.717) is 10.0 Å². The Labute approximate surface area is 124 Å². The predicted octanol–water partition coefficient (Wildman–Crippen LogP) is 2.53. The normalized spacial score (nSPS) is 12.1. The maximum absolute atomic E-state index is 12.0. The SMILES string of the molecule is O=S(=O)(NCc1cn2ccccc2n1)c1ccc(Cl)s1. The van der Waals surface area contributed by atoms with Crippen molar-refractivity contribution in [2.45, 2.75) is 10.8 Å². The highest BCUT2D eigenvalue weighted by atomic mass is 35.5. The number of nitrogens with one attached hydrogen (secondary N) is 1. The molecule has 3 aromatic rings. The second-order valence-corrected chi connectivity index (χ2v) is 7.79. The maximum Gasteiger partial charge on any atom is 0.250 e. The molecule has 0 amide bonds. The number of rotatable bonds is 4. The van der Waals surface area contributed by atoms with Gasteiger partial charge in [-0.15, -0.1) is 11.3 Å². The molecule has 0 unspecified atom stereocenters. The molecule has 0 saturated heterocycles. The molecule has 0 bridgehead atoms. The summed E-state index contributed by atoms with van der Waals surface area (Å²) in [5.41, 5.74) is 1.43. The second-order valence-electron chi connectivity index (χ2n) is 4.08. The summed E-state index contributed by atoms with van der Waals surface area (Å²) in [7, 11) is -3.54. The van der Waals surface area contributed by atoms with Gasteiger partial charge in [-0.25, -0.2) is 18.1 Å². The van der Waals surface area contributed by atoms with Crippen molar-refractivity contribution in [3.05, 3.63) is 52.8 Å². The van der Waals surface area contributed by atoms with E-state index in [4.69, 9.17) is 11.6 Å². The lowest BCUT2D eigenvalue weighted by Crippen LogP contribution is -2.22. The monoisotopic (exact) mass is 327 g/mol. The van der Waals surface area contributed by atoms with Crippen molar-refractivity contribution in [3.8, 4) is 0 Å². The van der Waals surface area contributed by atoms with E-state index in [1.165, 1.54) is 6.07 Å². The zero-order valence-electron chi connectivity index (χ0n) is 10.2. The molecule has 1 N–H and O–H groups in total. The Bertz CT molecular complexity index is 821. The van der Waals surface area contributed by atoms with Gasteiger partial charge in [0, 0.05) is 12.4 Å². The number of sulfonamides is 1. The standard InChI is InChI=1S/C12H10ClN3O2S2/c13-10-4-5-12(19-10)20(17,18)14-7-9-8-16-6-2-1-3-11(16)15-9/h1-6,8,14H,7H2. The fraction of sp³-hybridized carbons (Fsp3) is 0.0833. The average molecular weight is 328 g/mol. The van der Waals surface area contributed by atoms with E-state index in [1.807, 2.05) is 28.8 Å². The van der Waals surface area contributed by atoms with Gasteiger partial charge in [-0.05, 0) is 24.3 Å². The summed E-state index contributed by atoms with van der Waals surface area (Å²) in [4.78, 5) is 4.33. The molecular weight excluding hydrogens is 318 g/mol. The third-order valence-corrected chi connectivity index (χ3v) is 5.79. The summed E-state index contributed by atoms with van der Waals surface area (Å²) >= 11 is 6.77. The van der Waals surface area contributed by atoms with Crippen LogP contribution in [0, 0.1) is 0 Å². The third-order valence-electron chi connectivity index (χ3n) is 2.67. The van der Waals surface area contributed by atoms with Crippen LogP contribution in [-0.2, 0) is 16.6 Å². The van der Waals surface area contributed by atoms with Gasteiger partial charge in [0.05, 0.1) is 16.6 Å². The quantitative estimate of drug-likeness (QED) is 0.801. The number of thiophene rings is 1. The Morgan fingerprint density at radius 1 is 1.30 bits per heavy atom. The highest BCUT2D eigenvalue weighted by molar-refractivity contribution is 7.91. The summed E-state index contributed by atoms with van der Waals surface area (Å²) in [6, 6.07) is 8.67. The number of hydrogen-bond acceptors (Lipinski definition) is 4. The molecule has 0 aliphatic heterocycles. The molecule has 3 aromatic heterocycles. The van der Waals surface area contributed by atoms with Crippen molar-refractivity contribution in [2.75, 3.05) is 0 Å². The molecule has 0 aromatic carbocycles. The number of nitrogens with zero attached hydrogens (tertiary/aromatic N) is 2. The van der Waals surface area contributed by atoms with Crippen molar-refractivity contribution in [2.24, 2.45) is 0 Å². The molecule has 0 aliphatic carbocycles.